The molecule has 1 atom stereocenters. The summed E-state index contributed by atoms with van der Waals surface area (Å²) in [4.78, 5) is 11.1. The van der Waals surface area contributed by atoms with E-state index in [1.807, 2.05) is 0 Å². The Kier molecular flexibility index (Phi) is 2.06. The number of hydrogen-bond acceptors (Lipinski definition) is 2. The fourth-order valence-electron chi connectivity index (χ4n) is 1.25. The number of amides is 1. The molecule has 0 aliphatic carbocycles. The first-order valence-electron chi connectivity index (χ1n) is 3.58. The van der Waals surface area contributed by atoms with E-state index in [4.69, 9.17) is 11.6 Å². The average molecular weight is 262 g/mol. The summed E-state index contributed by atoms with van der Waals surface area (Å²) in [5, 5.41) is 12.4. The third kappa shape index (κ3) is 1.25. The number of fused-ring (bicyclic) bond motifs is 1. The standard InChI is InChI=1S/C8H5BrClNO2/c9-5-4(10)2-1-3-6(5)11-8(13)7(3)12/h1-2,7,12H,(H,11,13). The van der Waals surface area contributed by atoms with Gasteiger partial charge in [-0.05, 0) is 22.0 Å². The summed E-state index contributed by atoms with van der Waals surface area (Å²) in [6.07, 6.45) is -1.08. The van der Waals surface area contributed by atoms with Gasteiger partial charge in [0.2, 0.25) is 0 Å². The van der Waals surface area contributed by atoms with Crippen LogP contribution in [0.25, 0.3) is 0 Å². The molecule has 68 valence electrons. The van der Waals surface area contributed by atoms with E-state index in [0.717, 1.165) is 0 Å². The maximum atomic E-state index is 11.1. The molecule has 0 saturated carbocycles. The Morgan fingerprint density at radius 3 is 2.92 bits per heavy atom. The zero-order chi connectivity index (χ0) is 9.59. The smallest absolute Gasteiger partial charge is 0.257 e. The van der Waals surface area contributed by atoms with Gasteiger partial charge in [-0.2, -0.15) is 0 Å². The number of rotatable bonds is 0. The van der Waals surface area contributed by atoms with Crippen LogP contribution >= 0.6 is 27.5 Å². The summed E-state index contributed by atoms with van der Waals surface area (Å²) >= 11 is 9.04. The molecule has 1 aliphatic heterocycles. The van der Waals surface area contributed by atoms with Gasteiger partial charge in [0.05, 0.1) is 15.2 Å². The van der Waals surface area contributed by atoms with Crippen molar-refractivity contribution < 1.29 is 9.90 Å². The van der Waals surface area contributed by atoms with Gasteiger partial charge in [0.1, 0.15) is 0 Å². The van der Waals surface area contributed by atoms with E-state index < -0.39 is 12.0 Å². The number of nitrogens with one attached hydrogen (secondary N) is 1. The molecule has 1 heterocycles. The maximum absolute atomic E-state index is 11.1. The van der Waals surface area contributed by atoms with Crippen LogP contribution < -0.4 is 5.32 Å². The van der Waals surface area contributed by atoms with Gasteiger partial charge in [-0.15, -0.1) is 0 Å². The van der Waals surface area contributed by atoms with Gasteiger partial charge in [0, 0.05) is 5.56 Å². The second kappa shape index (κ2) is 2.97. The first-order chi connectivity index (χ1) is 6.11. The van der Waals surface area contributed by atoms with Crippen LogP contribution in [0.2, 0.25) is 5.02 Å². The first-order valence-corrected chi connectivity index (χ1v) is 4.75. The second-order valence-corrected chi connectivity index (χ2v) is 3.92. The number of carbonyl (C=O) groups is 1. The fourth-order valence-corrected chi connectivity index (χ4v) is 1.87. The van der Waals surface area contributed by atoms with Crippen molar-refractivity contribution in [1.82, 2.24) is 0 Å². The molecule has 1 unspecified atom stereocenters. The normalized spacial score (nSPS) is 19.9. The molecule has 0 fully saturated rings. The lowest BCUT2D eigenvalue weighted by molar-refractivity contribution is -0.123. The van der Waals surface area contributed by atoms with Gasteiger partial charge >= 0.3 is 0 Å². The zero-order valence-electron chi connectivity index (χ0n) is 6.34. The summed E-state index contributed by atoms with van der Waals surface area (Å²) in [7, 11) is 0. The van der Waals surface area contributed by atoms with Gasteiger partial charge in [0.15, 0.2) is 6.10 Å². The molecule has 0 aromatic heterocycles. The molecule has 0 spiro atoms. The highest BCUT2D eigenvalue weighted by molar-refractivity contribution is 9.10. The molecule has 13 heavy (non-hydrogen) atoms. The van der Waals surface area contributed by atoms with Crippen LogP contribution in [0.15, 0.2) is 16.6 Å². The largest absolute Gasteiger partial charge is 0.378 e. The van der Waals surface area contributed by atoms with Crippen LogP contribution in [0.3, 0.4) is 0 Å². The Morgan fingerprint density at radius 1 is 1.54 bits per heavy atom. The Bertz CT molecular complexity index is 394. The lowest BCUT2D eigenvalue weighted by atomic mass is 10.1. The second-order valence-electron chi connectivity index (χ2n) is 2.72. The summed E-state index contributed by atoms with van der Waals surface area (Å²) in [5.74, 6) is -0.419. The summed E-state index contributed by atoms with van der Waals surface area (Å²) in [6, 6.07) is 3.26. The van der Waals surface area contributed by atoms with E-state index in [0.29, 0.717) is 20.7 Å². The van der Waals surface area contributed by atoms with Crippen molar-refractivity contribution in [1.29, 1.82) is 0 Å². The van der Waals surface area contributed by atoms with Crippen molar-refractivity contribution >= 4 is 39.1 Å². The van der Waals surface area contributed by atoms with Crippen molar-refractivity contribution in [2.45, 2.75) is 6.10 Å². The molecule has 0 saturated heterocycles. The number of aliphatic hydroxyl groups is 1. The van der Waals surface area contributed by atoms with E-state index in [1.54, 1.807) is 12.1 Å². The van der Waals surface area contributed by atoms with E-state index >= 15 is 0 Å². The average Bonchev–Trinajstić information content (AvgIpc) is 2.38. The third-order valence-electron chi connectivity index (χ3n) is 1.92. The fraction of sp³-hybridized carbons (Fsp3) is 0.125. The minimum Gasteiger partial charge on any atom is -0.378 e. The summed E-state index contributed by atoms with van der Waals surface area (Å²) in [6.45, 7) is 0. The van der Waals surface area contributed by atoms with Crippen molar-refractivity contribution in [3.8, 4) is 0 Å². The number of aliphatic hydroxyl groups excluding tert-OH is 1. The number of halogens is 2. The third-order valence-corrected chi connectivity index (χ3v) is 3.29. The molecule has 1 amide bonds. The molecule has 1 aromatic carbocycles. The molecule has 0 radical (unpaired) electrons. The number of hydrogen-bond donors (Lipinski definition) is 2. The SMILES string of the molecule is O=C1Nc2c(ccc(Cl)c2Br)C1O. The topological polar surface area (TPSA) is 49.3 Å². The molecular formula is C8H5BrClNO2. The van der Waals surface area contributed by atoms with Crippen molar-refractivity contribution in [3.63, 3.8) is 0 Å². The maximum Gasteiger partial charge on any atom is 0.257 e. The van der Waals surface area contributed by atoms with Crippen LogP contribution in [-0.4, -0.2) is 11.0 Å². The molecule has 1 aliphatic rings. The van der Waals surface area contributed by atoms with E-state index in [2.05, 4.69) is 21.2 Å². The van der Waals surface area contributed by atoms with E-state index in [1.165, 1.54) is 0 Å². The molecule has 2 rings (SSSR count). The number of anilines is 1. The lowest BCUT2D eigenvalue weighted by Crippen LogP contribution is -2.10. The molecule has 1 aromatic rings. The minimum absolute atomic E-state index is 0.419. The van der Waals surface area contributed by atoms with Crippen LogP contribution in [0.5, 0.6) is 0 Å². The molecular weight excluding hydrogens is 257 g/mol. The lowest BCUT2D eigenvalue weighted by Gasteiger charge is -2.03. The van der Waals surface area contributed by atoms with Crippen LogP contribution in [0, 0.1) is 0 Å². The number of benzene rings is 1. The predicted octanol–water partition coefficient (Wildman–Crippen LogP) is 2.09. The molecule has 3 nitrogen and oxygen atoms in total. The van der Waals surface area contributed by atoms with Crippen molar-refractivity contribution in [2.75, 3.05) is 5.32 Å². The zero-order valence-corrected chi connectivity index (χ0v) is 8.69. The van der Waals surface area contributed by atoms with Crippen LogP contribution in [-0.2, 0) is 4.79 Å². The Labute approximate surface area is 87.8 Å². The van der Waals surface area contributed by atoms with Gasteiger partial charge in [-0.3, -0.25) is 4.79 Å². The molecule has 2 N–H and O–H groups in total. The predicted molar refractivity (Wildman–Crippen MR) is 52.7 cm³/mol. The Hall–Kier alpha value is -0.580. The van der Waals surface area contributed by atoms with Crippen molar-refractivity contribution in [3.05, 3.63) is 27.2 Å². The summed E-state index contributed by atoms with van der Waals surface area (Å²) in [5.41, 5.74) is 1.12. The monoisotopic (exact) mass is 261 g/mol. The van der Waals surface area contributed by atoms with Crippen LogP contribution in [0.1, 0.15) is 11.7 Å². The molecule has 0 bridgehead atoms. The highest BCUT2D eigenvalue weighted by Gasteiger charge is 2.30. The Balaban J connectivity index is 2.64. The van der Waals surface area contributed by atoms with Crippen LogP contribution in [0.4, 0.5) is 5.69 Å². The highest BCUT2D eigenvalue weighted by atomic mass is 79.9. The minimum atomic E-state index is -1.08. The van der Waals surface area contributed by atoms with Gasteiger partial charge < -0.3 is 10.4 Å². The number of carbonyl (C=O) groups excluding carboxylic acids is 1. The van der Waals surface area contributed by atoms with E-state index in [9.17, 15) is 9.90 Å². The van der Waals surface area contributed by atoms with Gasteiger partial charge in [0.25, 0.3) is 5.91 Å². The quantitative estimate of drug-likeness (QED) is 0.752. The molecule has 5 heteroatoms. The first kappa shape index (κ1) is 8.99. The van der Waals surface area contributed by atoms with E-state index in [-0.39, 0.29) is 0 Å². The highest BCUT2D eigenvalue weighted by Crippen LogP contribution is 2.40. The van der Waals surface area contributed by atoms with Gasteiger partial charge in [-0.25, -0.2) is 0 Å². The van der Waals surface area contributed by atoms with Gasteiger partial charge in [-0.1, -0.05) is 17.7 Å². The van der Waals surface area contributed by atoms with Crippen molar-refractivity contribution in [2.24, 2.45) is 0 Å². The summed E-state index contributed by atoms with van der Waals surface area (Å²) < 4.78 is 0.608. The Morgan fingerprint density at radius 2 is 2.23 bits per heavy atom.